The van der Waals surface area contributed by atoms with E-state index >= 15 is 0 Å². The Labute approximate surface area is 147 Å². The number of nitrogens with zero attached hydrogens (tertiary/aromatic N) is 1. The van der Waals surface area contributed by atoms with Gasteiger partial charge in [-0.05, 0) is 11.1 Å². The van der Waals surface area contributed by atoms with Gasteiger partial charge in [0.2, 0.25) is 0 Å². The highest BCUT2D eigenvalue weighted by molar-refractivity contribution is 9.11. The highest BCUT2D eigenvalue weighted by Crippen LogP contribution is 2.40. The van der Waals surface area contributed by atoms with Crippen LogP contribution < -0.4 is 11.2 Å². The Kier molecular flexibility index (Phi) is 6.14. The molecular weight excluding hydrogens is 431 g/mol. The first kappa shape index (κ1) is 20.2. The van der Waals surface area contributed by atoms with Crippen molar-refractivity contribution < 1.29 is 38.9 Å². The smallest absolute Gasteiger partial charge is 0.387 e. The summed E-state index contributed by atoms with van der Waals surface area (Å²) in [4.78, 5) is 44.2. The number of nitrogens with one attached hydrogen (secondary N) is 1. The van der Waals surface area contributed by atoms with Gasteiger partial charge in [-0.3, -0.25) is 18.9 Å². The van der Waals surface area contributed by atoms with Gasteiger partial charge in [0.1, 0.15) is 18.3 Å². The molecule has 2 heterocycles. The number of ether oxygens (including phenoxy) is 1. The average molecular weight is 445 g/mol. The summed E-state index contributed by atoms with van der Waals surface area (Å²) in [5, 5.41) is 29.5. The highest BCUT2D eigenvalue weighted by atomic mass is 79.9. The molecule has 12 nitrogen and oxygen atoms in total. The number of aliphatic hydroxyl groups excluding tert-OH is 3. The van der Waals surface area contributed by atoms with Crippen LogP contribution in [0.5, 0.6) is 0 Å². The third-order valence-corrected chi connectivity index (χ3v) is 4.07. The van der Waals surface area contributed by atoms with Crippen LogP contribution in [-0.4, -0.2) is 59.3 Å². The number of hydrogen-bond donors (Lipinski definition) is 6. The predicted molar refractivity (Wildman–Crippen MR) is 84.3 cm³/mol. The van der Waals surface area contributed by atoms with E-state index in [1.807, 2.05) is 4.98 Å². The third-order valence-electron chi connectivity index (χ3n) is 3.31. The first-order valence-electron chi connectivity index (χ1n) is 6.61. The van der Waals surface area contributed by atoms with Gasteiger partial charge in [0.25, 0.3) is 5.56 Å². The van der Waals surface area contributed by atoms with Gasteiger partial charge < -0.3 is 29.8 Å². The van der Waals surface area contributed by atoms with Gasteiger partial charge in [-0.1, -0.05) is 15.9 Å². The van der Waals surface area contributed by atoms with Crippen molar-refractivity contribution in [3.05, 3.63) is 37.6 Å². The molecule has 0 radical (unpaired) electrons. The molecule has 0 amide bonds. The molecule has 0 saturated carbocycles. The quantitative estimate of drug-likeness (QED) is 0.217. The molecule has 1 aromatic heterocycles. The van der Waals surface area contributed by atoms with Gasteiger partial charge in [-0.15, -0.1) is 0 Å². The molecule has 2 rings (SSSR count). The molecule has 0 aromatic carbocycles. The van der Waals surface area contributed by atoms with Crippen LogP contribution in [0.2, 0.25) is 0 Å². The molecule has 5 atom stereocenters. The monoisotopic (exact) mass is 444 g/mol. The average Bonchev–Trinajstić information content (AvgIpc) is 2.77. The van der Waals surface area contributed by atoms with Crippen LogP contribution in [0.1, 0.15) is 11.8 Å². The molecule has 25 heavy (non-hydrogen) atoms. The summed E-state index contributed by atoms with van der Waals surface area (Å²) in [6.45, 7) is 0. The number of phosphoric ester groups is 1. The number of H-pyrrole nitrogens is 1. The van der Waals surface area contributed by atoms with Gasteiger partial charge in [-0.2, -0.15) is 0 Å². The Balaban J connectivity index is 2.35. The van der Waals surface area contributed by atoms with Gasteiger partial charge in [0.05, 0.1) is 5.56 Å². The van der Waals surface area contributed by atoms with Gasteiger partial charge in [-0.25, -0.2) is 9.36 Å². The van der Waals surface area contributed by atoms with Crippen molar-refractivity contribution in [1.82, 2.24) is 9.55 Å². The molecular formula is C11H14BrN2O10P. The molecule has 1 aliphatic heterocycles. The topological polar surface area (TPSA) is 192 Å². The molecule has 140 valence electrons. The van der Waals surface area contributed by atoms with E-state index in [1.165, 1.54) is 11.1 Å². The van der Waals surface area contributed by atoms with E-state index in [9.17, 15) is 29.5 Å². The first-order chi connectivity index (χ1) is 11.5. The van der Waals surface area contributed by atoms with E-state index in [0.717, 1.165) is 10.8 Å². The Morgan fingerprint density at radius 2 is 2.00 bits per heavy atom. The highest BCUT2D eigenvalue weighted by Gasteiger charge is 2.49. The van der Waals surface area contributed by atoms with Crippen LogP contribution in [-0.2, 0) is 13.8 Å². The van der Waals surface area contributed by atoms with Gasteiger partial charge in [0.15, 0.2) is 12.5 Å². The molecule has 1 saturated heterocycles. The normalized spacial score (nSPS) is 28.6. The Morgan fingerprint density at radius 1 is 1.36 bits per heavy atom. The van der Waals surface area contributed by atoms with Gasteiger partial charge in [0, 0.05) is 6.20 Å². The summed E-state index contributed by atoms with van der Waals surface area (Å²) in [6.07, 6.45) is -6.85. The number of halogens is 1. The van der Waals surface area contributed by atoms with Crippen LogP contribution in [0.15, 0.2) is 20.8 Å². The fourth-order valence-electron chi connectivity index (χ4n) is 2.23. The minimum absolute atomic E-state index is 0.0113. The lowest BCUT2D eigenvalue weighted by Crippen LogP contribution is -2.40. The predicted octanol–water partition coefficient (Wildman–Crippen LogP) is -2.05. The summed E-state index contributed by atoms with van der Waals surface area (Å²) in [6, 6.07) is 0. The summed E-state index contributed by atoms with van der Waals surface area (Å²) in [7, 11) is -5.10. The van der Waals surface area contributed by atoms with Crippen LogP contribution >= 0.6 is 23.8 Å². The number of phosphoric acid groups is 1. The maximum absolute atomic E-state index is 11.9. The second-order valence-corrected chi connectivity index (χ2v) is 6.72. The molecule has 0 bridgehead atoms. The number of hydrogen-bond acceptors (Lipinski definition) is 8. The van der Waals surface area contributed by atoms with Gasteiger partial charge >= 0.3 is 13.5 Å². The second kappa shape index (κ2) is 7.61. The molecule has 1 unspecified atom stereocenters. The van der Waals surface area contributed by atoms with Crippen LogP contribution in [0, 0.1) is 0 Å². The molecule has 1 aliphatic rings. The largest absolute Gasteiger partial charge is 0.472 e. The fraction of sp³-hybridized carbons (Fsp3) is 0.455. The van der Waals surface area contributed by atoms with E-state index in [4.69, 9.17) is 14.5 Å². The van der Waals surface area contributed by atoms with Crippen molar-refractivity contribution in [3.8, 4) is 0 Å². The van der Waals surface area contributed by atoms with E-state index in [1.54, 1.807) is 0 Å². The van der Waals surface area contributed by atoms with Crippen molar-refractivity contribution in [1.29, 1.82) is 0 Å². The fourth-order valence-corrected chi connectivity index (χ4v) is 2.91. The maximum atomic E-state index is 11.9. The Bertz CT molecular complexity index is 816. The minimum atomic E-state index is -5.10. The summed E-state index contributed by atoms with van der Waals surface area (Å²) in [5.41, 5.74) is -1.68. The zero-order valence-electron chi connectivity index (χ0n) is 12.2. The Morgan fingerprint density at radius 3 is 2.56 bits per heavy atom. The van der Waals surface area contributed by atoms with Crippen molar-refractivity contribution >= 4 is 29.8 Å². The molecule has 6 N–H and O–H groups in total. The molecule has 14 heteroatoms. The van der Waals surface area contributed by atoms with Crippen LogP contribution in [0.4, 0.5) is 0 Å². The number of aromatic amines is 1. The summed E-state index contributed by atoms with van der Waals surface area (Å²) >= 11 is 2.96. The number of aliphatic hydroxyl groups is 3. The standard InChI is InChI=1S/C11H14BrN2O10P/c12-2-1-4-3-14(11(19)13-8(4)17)9-6(16)5(15)7(23-9)10(18)24-25(20,21)22/h1-3,5-7,9-10,15-16,18H,(H,13,17,19)(H2,20,21,22)/t5-,6-,7-,9+,10?/m0/s1. The molecule has 1 aromatic rings. The summed E-state index contributed by atoms with van der Waals surface area (Å²) in [5.74, 6) is 0. The number of rotatable bonds is 5. The molecule has 0 aliphatic carbocycles. The van der Waals surface area contributed by atoms with E-state index in [2.05, 4.69) is 20.5 Å². The lowest BCUT2D eigenvalue weighted by Gasteiger charge is -2.21. The van der Waals surface area contributed by atoms with Crippen LogP contribution in [0.25, 0.3) is 6.08 Å². The molecule has 0 spiro atoms. The lowest BCUT2D eigenvalue weighted by atomic mass is 10.1. The Hall–Kier alpha value is -1.15. The minimum Gasteiger partial charge on any atom is -0.387 e. The van der Waals surface area contributed by atoms with Crippen molar-refractivity contribution in [2.75, 3.05) is 0 Å². The summed E-state index contributed by atoms with van der Waals surface area (Å²) < 4.78 is 20.6. The maximum Gasteiger partial charge on any atom is 0.472 e. The molecule has 1 fully saturated rings. The SMILES string of the molecule is O=c1[nH]c(=O)n([C@@H]2O[C@H](C(O)OP(=O)(O)O)[C@@H](O)[C@@H]2O)cc1C=CBr. The van der Waals surface area contributed by atoms with E-state index in [0.29, 0.717) is 0 Å². The lowest BCUT2D eigenvalue weighted by molar-refractivity contribution is -0.161. The van der Waals surface area contributed by atoms with E-state index < -0.39 is 49.9 Å². The third kappa shape index (κ3) is 4.53. The zero-order valence-corrected chi connectivity index (χ0v) is 14.6. The zero-order chi connectivity index (χ0) is 18.9. The van der Waals surface area contributed by atoms with Crippen molar-refractivity contribution in [2.24, 2.45) is 0 Å². The van der Waals surface area contributed by atoms with Crippen molar-refractivity contribution in [2.45, 2.75) is 30.8 Å². The van der Waals surface area contributed by atoms with E-state index in [-0.39, 0.29) is 5.56 Å². The number of aromatic nitrogens is 2. The van der Waals surface area contributed by atoms with Crippen LogP contribution in [0.3, 0.4) is 0 Å². The second-order valence-electron chi connectivity index (χ2n) is 5.00. The van der Waals surface area contributed by atoms with Crippen molar-refractivity contribution in [3.63, 3.8) is 0 Å². The first-order valence-corrected chi connectivity index (χ1v) is 9.05.